The van der Waals surface area contributed by atoms with Gasteiger partial charge in [0.15, 0.2) is 0 Å². The molecular formula is C20H42N6O3S. The van der Waals surface area contributed by atoms with Crippen molar-refractivity contribution in [1.82, 2.24) is 20.7 Å². The Balaban J connectivity index is 1.52. The van der Waals surface area contributed by atoms with Gasteiger partial charge >= 0.3 is 0 Å². The maximum Gasteiger partial charge on any atom is 0.217 e. The Kier molecular flexibility index (Phi) is 8.92. The average Bonchev–Trinajstić information content (AvgIpc) is 2.71. The Hall–Kier alpha value is -0.330. The third-order valence-corrected chi connectivity index (χ3v) is 9.41. The van der Waals surface area contributed by atoms with Gasteiger partial charge in [0.1, 0.15) is 5.25 Å². The van der Waals surface area contributed by atoms with Crippen LogP contribution in [0.15, 0.2) is 0 Å². The normalized spacial score (nSPS) is 38.7. The molecular weight excluding hydrogens is 404 g/mol. The van der Waals surface area contributed by atoms with E-state index in [9.17, 15) is 13.5 Å². The van der Waals surface area contributed by atoms with Gasteiger partial charge < -0.3 is 32.5 Å². The smallest absolute Gasteiger partial charge is 0.217 e. The van der Waals surface area contributed by atoms with Crippen molar-refractivity contribution in [2.75, 3.05) is 33.2 Å². The van der Waals surface area contributed by atoms with E-state index in [1.165, 1.54) is 0 Å². The molecule has 10 heteroatoms. The topological polar surface area (TPSA) is 155 Å². The number of aliphatic hydroxyl groups excluding tert-OH is 1. The van der Waals surface area contributed by atoms with Crippen molar-refractivity contribution in [3.05, 3.63) is 0 Å². The van der Waals surface area contributed by atoms with Crippen molar-refractivity contribution >= 4 is 10.0 Å². The van der Waals surface area contributed by atoms with Gasteiger partial charge in [0.2, 0.25) is 10.0 Å². The summed E-state index contributed by atoms with van der Waals surface area (Å²) in [4.78, 5) is 0. The molecule has 3 fully saturated rings. The van der Waals surface area contributed by atoms with Crippen molar-refractivity contribution in [3.63, 3.8) is 0 Å². The number of nitrogens with two attached hydrogens (primary N) is 2. The lowest BCUT2D eigenvalue weighted by atomic mass is 9.70. The molecule has 0 aromatic carbocycles. The number of hydrogen-bond acceptors (Lipinski definition) is 8. The molecule has 2 aliphatic carbocycles. The number of sulfonamides is 1. The lowest BCUT2D eigenvalue weighted by molar-refractivity contribution is 0.00110. The van der Waals surface area contributed by atoms with Crippen molar-refractivity contribution < 1.29 is 13.5 Å². The van der Waals surface area contributed by atoms with Crippen LogP contribution < -0.4 is 32.1 Å². The molecule has 0 amide bonds. The molecule has 2 saturated carbocycles. The minimum absolute atomic E-state index is 0.0449. The molecule has 3 rings (SSSR count). The summed E-state index contributed by atoms with van der Waals surface area (Å²) >= 11 is 0. The number of hydrogen-bond donors (Lipinski definition) is 7. The second kappa shape index (κ2) is 11.0. The maximum atomic E-state index is 13.1. The summed E-state index contributed by atoms with van der Waals surface area (Å²) in [6.07, 6.45) is 6.65. The van der Waals surface area contributed by atoms with Crippen LogP contribution in [-0.2, 0) is 10.0 Å². The number of likely N-dealkylation sites (N-methyl/N-ethyl adjacent to an activating group) is 1. The summed E-state index contributed by atoms with van der Waals surface area (Å²) in [5.41, 5.74) is 11.8. The second-order valence-corrected chi connectivity index (χ2v) is 11.4. The van der Waals surface area contributed by atoms with Gasteiger partial charge in [0, 0.05) is 25.2 Å². The first kappa shape index (κ1) is 24.3. The summed E-state index contributed by atoms with van der Waals surface area (Å²) in [5.74, 6) is 1.46. The number of rotatable bonds is 10. The van der Waals surface area contributed by atoms with Gasteiger partial charge in [-0.25, -0.2) is 13.1 Å². The molecule has 9 nitrogen and oxygen atoms in total. The van der Waals surface area contributed by atoms with E-state index < -0.39 is 15.3 Å². The van der Waals surface area contributed by atoms with Crippen LogP contribution in [0.1, 0.15) is 44.9 Å². The van der Waals surface area contributed by atoms with Crippen molar-refractivity contribution in [3.8, 4) is 0 Å². The first-order chi connectivity index (χ1) is 14.4. The van der Waals surface area contributed by atoms with Crippen LogP contribution in [0.2, 0.25) is 0 Å². The first-order valence-corrected chi connectivity index (χ1v) is 13.2. The number of aliphatic hydroxyl groups is 1. The molecule has 30 heavy (non-hydrogen) atoms. The van der Waals surface area contributed by atoms with Gasteiger partial charge in [-0.3, -0.25) is 0 Å². The van der Waals surface area contributed by atoms with E-state index in [2.05, 4.69) is 20.7 Å². The van der Waals surface area contributed by atoms with E-state index in [0.717, 1.165) is 51.5 Å². The van der Waals surface area contributed by atoms with E-state index in [0.29, 0.717) is 24.9 Å². The number of nitrogens with one attached hydrogen (secondary N) is 4. The molecule has 0 bridgehead atoms. The summed E-state index contributed by atoms with van der Waals surface area (Å²) in [6.45, 7) is 1.86. The van der Waals surface area contributed by atoms with E-state index in [1.807, 2.05) is 7.05 Å². The van der Waals surface area contributed by atoms with Gasteiger partial charge in [0.25, 0.3) is 0 Å². The number of piperidine rings is 1. The predicted octanol–water partition coefficient (Wildman–Crippen LogP) is -1.37. The molecule has 6 unspecified atom stereocenters. The lowest BCUT2D eigenvalue weighted by Crippen LogP contribution is -2.59. The van der Waals surface area contributed by atoms with Crippen molar-refractivity contribution in [2.24, 2.45) is 29.2 Å². The van der Waals surface area contributed by atoms with E-state index in [1.54, 1.807) is 0 Å². The van der Waals surface area contributed by atoms with Crippen molar-refractivity contribution in [1.29, 1.82) is 0 Å². The second-order valence-electron chi connectivity index (χ2n) is 9.45. The van der Waals surface area contributed by atoms with Gasteiger partial charge in [0.05, 0.1) is 12.3 Å². The van der Waals surface area contributed by atoms with E-state index >= 15 is 0 Å². The molecule has 9 N–H and O–H groups in total. The van der Waals surface area contributed by atoms with Gasteiger partial charge in [-0.1, -0.05) is 6.42 Å². The third-order valence-electron chi connectivity index (χ3n) is 7.54. The van der Waals surface area contributed by atoms with Gasteiger partial charge in [-0.2, -0.15) is 0 Å². The zero-order valence-corrected chi connectivity index (χ0v) is 19.0. The molecule has 176 valence electrons. The molecule has 0 radical (unpaired) electrons. The van der Waals surface area contributed by atoms with Crippen molar-refractivity contribution in [2.45, 2.75) is 74.5 Å². The fraction of sp³-hybridized carbons (Fsp3) is 1.00. The minimum Gasteiger partial charge on any atom is -0.393 e. The Labute approximate surface area is 181 Å². The van der Waals surface area contributed by atoms with E-state index in [4.69, 9.17) is 11.5 Å². The Morgan fingerprint density at radius 1 is 1.13 bits per heavy atom. The Morgan fingerprint density at radius 3 is 2.53 bits per heavy atom. The summed E-state index contributed by atoms with van der Waals surface area (Å²) in [5, 5.41) is 19.0. The standard InChI is InChI=1S/C20H42N6O3S/c1-23-20-14(10-21)3-2-4-18(20)26-30(28,29)17(11-22)12-25-19-9-13(5-6-24-19)15-7-16(27)8-15/h13-20,23-27H,2-12,21-22H2,1H3. The van der Waals surface area contributed by atoms with Gasteiger partial charge in [-0.05, 0) is 76.4 Å². The highest BCUT2D eigenvalue weighted by Gasteiger charge is 2.38. The van der Waals surface area contributed by atoms with E-state index in [-0.39, 0.29) is 36.8 Å². The predicted molar refractivity (Wildman–Crippen MR) is 119 cm³/mol. The molecule has 6 atom stereocenters. The molecule has 0 aromatic heterocycles. The van der Waals surface area contributed by atoms with Crippen LogP contribution in [-0.4, -0.2) is 76.4 Å². The summed E-state index contributed by atoms with van der Waals surface area (Å²) in [7, 11) is -1.69. The third kappa shape index (κ3) is 5.92. The largest absolute Gasteiger partial charge is 0.393 e. The minimum atomic E-state index is -3.56. The highest BCUT2D eigenvalue weighted by molar-refractivity contribution is 7.90. The van der Waals surface area contributed by atoms with Crippen LogP contribution in [0.5, 0.6) is 0 Å². The highest BCUT2D eigenvalue weighted by Crippen LogP contribution is 2.38. The average molecular weight is 447 g/mol. The zero-order chi connectivity index (χ0) is 21.7. The van der Waals surface area contributed by atoms with Gasteiger partial charge in [-0.15, -0.1) is 0 Å². The fourth-order valence-electron chi connectivity index (χ4n) is 5.57. The van der Waals surface area contributed by atoms with Crippen LogP contribution in [0, 0.1) is 17.8 Å². The molecule has 3 aliphatic rings. The fourth-order valence-corrected chi connectivity index (χ4v) is 7.02. The lowest BCUT2D eigenvalue weighted by Gasteiger charge is -2.42. The van der Waals surface area contributed by atoms with Crippen LogP contribution in [0.4, 0.5) is 0 Å². The Bertz CT molecular complexity index is 630. The molecule has 1 saturated heterocycles. The van der Waals surface area contributed by atoms with Crippen LogP contribution in [0.25, 0.3) is 0 Å². The Morgan fingerprint density at radius 2 is 1.90 bits per heavy atom. The molecule has 0 spiro atoms. The first-order valence-electron chi connectivity index (χ1n) is 11.6. The van der Waals surface area contributed by atoms with Crippen LogP contribution >= 0.6 is 0 Å². The van der Waals surface area contributed by atoms with Crippen LogP contribution in [0.3, 0.4) is 0 Å². The molecule has 1 heterocycles. The summed E-state index contributed by atoms with van der Waals surface area (Å²) < 4.78 is 29.1. The highest BCUT2D eigenvalue weighted by atomic mass is 32.2. The quantitative estimate of drug-likeness (QED) is 0.217. The molecule has 1 aliphatic heterocycles. The molecule has 0 aromatic rings. The summed E-state index contributed by atoms with van der Waals surface area (Å²) in [6, 6.07) is -0.109. The SMILES string of the molecule is CNC1C(CN)CCCC1NS(=O)(=O)C(CN)CNC1CC(C2CC(O)C2)CCN1. The zero-order valence-electron chi connectivity index (χ0n) is 18.2. The maximum absolute atomic E-state index is 13.1. The monoisotopic (exact) mass is 446 g/mol.